The highest BCUT2D eigenvalue weighted by atomic mass is 16.5. The fourth-order valence-electron chi connectivity index (χ4n) is 2.20. The fraction of sp³-hybridized carbons (Fsp3) is 0.400. The quantitative estimate of drug-likeness (QED) is 0.825. The van der Waals surface area contributed by atoms with Crippen molar-refractivity contribution in [1.29, 1.82) is 0 Å². The van der Waals surface area contributed by atoms with E-state index in [1.807, 2.05) is 26.0 Å². The Bertz CT molecular complexity index is 597. The Labute approximate surface area is 123 Å². The molecule has 3 amide bonds. The molecule has 1 aliphatic rings. The Kier molecular flexibility index (Phi) is 4.26. The molecule has 112 valence electrons. The summed E-state index contributed by atoms with van der Waals surface area (Å²) < 4.78 is 5.49. The summed E-state index contributed by atoms with van der Waals surface area (Å²) in [5, 5.41) is 2.19. The van der Waals surface area contributed by atoms with Crippen LogP contribution in [-0.4, -0.2) is 41.8 Å². The molecule has 0 aromatic heterocycles. The van der Waals surface area contributed by atoms with E-state index in [2.05, 4.69) is 5.32 Å². The highest BCUT2D eigenvalue weighted by Crippen LogP contribution is 2.19. The van der Waals surface area contributed by atoms with E-state index < -0.39 is 17.9 Å². The Balaban J connectivity index is 2.01. The van der Waals surface area contributed by atoms with Crippen molar-refractivity contribution < 1.29 is 19.1 Å². The predicted octanol–water partition coefficient (Wildman–Crippen LogP) is 0.556. The van der Waals surface area contributed by atoms with E-state index in [0.717, 1.165) is 11.1 Å². The number of aryl methyl sites for hydroxylation is 2. The second-order valence-corrected chi connectivity index (χ2v) is 5.17. The molecule has 21 heavy (non-hydrogen) atoms. The van der Waals surface area contributed by atoms with Gasteiger partial charge in [0.15, 0.2) is 6.61 Å². The number of nitrogens with one attached hydrogen (secondary N) is 1. The third-order valence-corrected chi connectivity index (χ3v) is 3.43. The van der Waals surface area contributed by atoms with E-state index in [1.54, 1.807) is 13.0 Å². The lowest BCUT2D eigenvalue weighted by Gasteiger charge is -2.31. The Hall–Kier alpha value is -2.37. The molecule has 2 rings (SSSR count). The first-order valence-corrected chi connectivity index (χ1v) is 6.71. The van der Waals surface area contributed by atoms with Gasteiger partial charge in [-0.05, 0) is 32.4 Å². The van der Waals surface area contributed by atoms with Crippen molar-refractivity contribution in [2.24, 2.45) is 0 Å². The summed E-state index contributed by atoms with van der Waals surface area (Å²) >= 11 is 0. The van der Waals surface area contributed by atoms with Crippen molar-refractivity contribution in [2.45, 2.75) is 26.8 Å². The van der Waals surface area contributed by atoms with Crippen molar-refractivity contribution in [3.05, 3.63) is 29.3 Å². The standard InChI is InChI=1S/C15H18N2O4/c1-9-4-5-12(10(2)6-9)21-8-14(19)17-7-13(18)16-15(20)11(17)3/h4-6,11H,7-8H2,1-3H3,(H,16,18,20). The average molecular weight is 290 g/mol. The molecule has 1 aromatic rings. The van der Waals surface area contributed by atoms with Gasteiger partial charge in [-0.25, -0.2) is 0 Å². The topological polar surface area (TPSA) is 75.7 Å². The van der Waals surface area contributed by atoms with Crippen LogP contribution in [0.25, 0.3) is 0 Å². The second kappa shape index (κ2) is 5.95. The van der Waals surface area contributed by atoms with E-state index in [4.69, 9.17) is 4.74 Å². The zero-order chi connectivity index (χ0) is 15.6. The van der Waals surface area contributed by atoms with Crippen LogP contribution in [0.15, 0.2) is 18.2 Å². The van der Waals surface area contributed by atoms with Crippen LogP contribution in [-0.2, 0) is 14.4 Å². The van der Waals surface area contributed by atoms with Gasteiger partial charge in [-0.3, -0.25) is 19.7 Å². The molecule has 0 aliphatic carbocycles. The van der Waals surface area contributed by atoms with Crippen molar-refractivity contribution in [3.8, 4) is 5.75 Å². The lowest BCUT2D eigenvalue weighted by Crippen LogP contribution is -2.59. The van der Waals surface area contributed by atoms with Gasteiger partial charge in [0.25, 0.3) is 5.91 Å². The number of hydrogen-bond acceptors (Lipinski definition) is 4. The second-order valence-electron chi connectivity index (χ2n) is 5.17. The normalized spacial score (nSPS) is 18.4. The van der Waals surface area contributed by atoms with Gasteiger partial charge in [-0.1, -0.05) is 17.7 Å². The number of benzene rings is 1. The van der Waals surface area contributed by atoms with E-state index in [-0.39, 0.29) is 19.1 Å². The van der Waals surface area contributed by atoms with Crippen LogP contribution in [0, 0.1) is 13.8 Å². The maximum Gasteiger partial charge on any atom is 0.261 e. The number of nitrogens with zero attached hydrogens (tertiary/aromatic N) is 1. The molecule has 1 aromatic carbocycles. The Morgan fingerprint density at radius 3 is 2.76 bits per heavy atom. The summed E-state index contributed by atoms with van der Waals surface area (Å²) in [6.07, 6.45) is 0. The zero-order valence-corrected chi connectivity index (χ0v) is 12.3. The molecule has 6 nitrogen and oxygen atoms in total. The highest BCUT2D eigenvalue weighted by molar-refractivity contribution is 6.04. The minimum Gasteiger partial charge on any atom is -0.483 e. The number of amides is 3. The largest absolute Gasteiger partial charge is 0.483 e. The molecule has 1 aliphatic heterocycles. The first kappa shape index (κ1) is 15.0. The number of ether oxygens (including phenoxy) is 1. The number of hydrogen-bond donors (Lipinski definition) is 1. The van der Waals surface area contributed by atoms with Gasteiger partial charge in [-0.15, -0.1) is 0 Å². The molecule has 0 spiro atoms. The lowest BCUT2D eigenvalue weighted by atomic mass is 10.1. The highest BCUT2D eigenvalue weighted by Gasteiger charge is 2.33. The van der Waals surface area contributed by atoms with Crippen molar-refractivity contribution in [1.82, 2.24) is 10.2 Å². The molecular weight excluding hydrogens is 272 g/mol. The minimum atomic E-state index is -0.669. The molecule has 1 N–H and O–H groups in total. The van der Waals surface area contributed by atoms with Crippen LogP contribution in [0.1, 0.15) is 18.1 Å². The average Bonchev–Trinajstić information content (AvgIpc) is 2.41. The first-order chi connectivity index (χ1) is 9.88. The van der Waals surface area contributed by atoms with E-state index in [0.29, 0.717) is 5.75 Å². The summed E-state index contributed by atoms with van der Waals surface area (Å²) in [5.41, 5.74) is 2.04. The number of carbonyl (C=O) groups excluding carboxylic acids is 3. The van der Waals surface area contributed by atoms with Crippen LogP contribution in [0.4, 0.5) is 0 Å². The molecule has 1 heterocycles. The van der Waals surface area contributed by atoms with Gasteiger partial charge in [0, 0.05) is 0 Å². The van der Waals surface area contributed by atoms with Crippen molar-refractivity contribution >= 4 is 17.7 Å². The fourth-order valence-corrected chi connectivity index (χ4v) is 2.20. The zero-order valence-electron chi connectivity index (χ0n) is 12.3. The number of imide groups is 1. The molecular formula is C15H18N2O4. The van der Waals surface area contributed by atoms with Gasteiger partial charge in [-0.2, -0.15) is 0 Å². The van der Waals surface area contributed by atoms with Gasteiger partial charge in [0.05, 0.1) is 0 Å². The van der Waals surface area contributed by atoms with Crippen LogP contribution >= 0.6 is 0 Å². The van der Waals surface area contributed by atoms with Crippen molar-refractivity contribution in [2.75, 3.05) is 13.2 Å². The monoisotopic (exact) mass is 290 g/mol. The number of rotatable bonds is 3. The molecule has 1 atom stereocenters. The maximum atomic E-state index is 12.1. The Morgan fingerprint density at radius 1 is 1.38 bits per heavy atom. The molecule has 1 fully saturated rings. The molecule has 1 saturated heterocycles. The first-order valence-electron chi connectivity index (χ1n) is 6.71. The third-order valence-electron chi connectivity index (χ3n) is 3.43. The number of carbonyl (C=O) groups is 3. The Morgan fingerprint density at radius 2 is 2.10 bits per heavy atom. The van der Waals surface area contributed by atoms with Crippen LogP contribution in [0.2, 0.25) is 0 Å². The van der Waals surface area contributed by atoms with Crippen molar-refractivity contribution in [3.63, 3.8) is 0 Å². The predicted molar refractivity (Wildman–Crippen MR) is 75.7 cm³/mol. The molecule has 1 unspecified atom stereocenters. The van der Waals surface area contributed by atoms with Crippen LogP contribution < -0.4 is 10.1 Å². The van der Waals surface area contributed by atoms with Crippen LogP contribution in [0.5, 0.6) is 5.75 Å². The minimum absolute atomic E-state index is 0.123. The summed E-state index contributed by atoms with van der Waals surface area (Å²) in [6.45, 7) is 5.13. The lowest BCUT2D eigenvalue weighted by molar-refractivity contribution is -0.150. The van der Waals surface area contributed by atoms with E-state index >= 15 is 0 Å². The molecule has 0 radical (unpaired) electrons. The number of piperazine rings is 1. The van der Waals surface area contributed by atoms with Gasteiger partial charge in [0.2, 0.25) is 11.8 Å². The third kappa shape index (κ3) is 3.39. The molecule has 0 saturated carbocycles. The van der Waals surface area contributed by atoms with Gasteiger partial charge >= 0.3 is 0 Å². The molecule has 0 bridgehead atoms. The summed E-state index contributed by atoms with van der Waals surface area (Å²) in [5.74, 6) is -0.704. The molecule has 6 heteroatoms. The van der Waals surface area contributed by atoms with Gasteiger partial charge < -0.3 is 9.64 Å². The van der Waals surface area contributed by atoms with Gasteiger partial charge in [0.1, 0.15) is 18.3 Å². The summed E-state index contributed by atoms with van der Waals surface area (Å²) in [4.78, 5) is 36.2. The van der Waals surface area contributed by atoms with E-state index in [9.17, 15) is 14.4 Å². The smallest absolute Gasteiger partial charge is 0.261 e. The van der Waals surface area contributed by atoms with E-state index in [1.165, 1.54) is 4.90 Å². The maximum absolute atomic E-state index is 12.1. The van der Waals surface area contributed by atoms with Crippen LogP contribution in [0.3, 0.4) is 0 Å². The summed E-state index contributed by atoms with van der Waals surface area (Å²) in [6, 6.07) is 4.99. The SMILES string of the molecule is Cc1ccc(OCC(=O)N2CC(=O)NC(=O)C2C)c(C)c1. The summed E-state index contributed by atoms with van der Waals surface area (Å²) in [7, 11) is 0.